The summed E-state index contributed by atoms with van der Waals surface area (Å²) in [7, 11) is 2.37. The first-order valence-corrected chi connectivity index (χ1v) is 5.94. The van der Waals surface area contributed by atoms with Crippen molar-refractivity contribution in [2.75, 3.05) is 14.2 Å². The predicted molar refractivity (Wildman–Crippen MR) is 71.0 cm³/mol. The molecule has 0 radical (unpaired) electrons. The lowest BCUT2D eigenvalue weighted by Crippen LogP contribution is -2.12. The molecule has 0 aliphatic rings. The number of aromatic nitrogens is 3. The van der Waals surface area contributed by atoms with Gasteiger partial charge in [0.2, 0.25) is 0 Å². The van der Waals surface area contributed by atoms with Gasteiger partial charge >= 0.3 is 17.9 Å². The summed E-state index contributed by atoms with van der Waals surface area (Å²) in [4.78, 5) is 34.5. The largest absolute Gasteiger partial charge is 0.476 e. The van der Waals surface area contributed by atoms with E-state index in [-0.39, 0.29) is 22.5 Å². The minimum Gasteiger partial charge on any atom is -0.476 e. The fourth-order valence-electron chi connectivity index (χ4n) is 1.78. The predicted octanol–water partition coefficient (Wildman–Crippen LogP) is 0.539. The first-order chi connectivity index (χ1) is 10.5. The molecule has 0 amide bonds. The van der Waals surface area contributed by atoms with Gasteiger partial charge in [0.25, 0.3) is 0 Å². The summed E-state index contributed by atoms with van der Waals surface area (Å²) in [6, 6.07) is 3.94. The number of rotatable bonds is 4. The minimum absolute atomic E-state index is 0.0484. The van der Waals surface area contributed by atoms with E-state index in [1.54, 1.807) is 0 Å². The number of ether oxygens (including phenoxy) is 2. The normalized spacial score (nSPS) is 10.1. The first kappa shape index (κ1) is 15.2. The Bertz CT molecular complexity index is 718. The Labute approximate surface area is 124 Å². The standard InChI is InChI=1S/C13H11N3O6/c1-21-12(19)7-3-8(13(20)22-2)5-9(4-7)16-10(11(17)18)6-14-15-16/h3-6H,1-2H3,(H,17,18). The molecule has 9 heteroatoms. The number of aromatic carboxylic acids is 1. The third-order valence-corrected chi connectivity index (χ3v) is 2.77. The Hall–Kier alpha value is -3.23. The smallest absolute Gasteiger partial charge is 0.356 e. The molecule has 1 N–H and O–H groups in total. The van der Waals surface area contributed by atoms with Crippen LogP contribution in [0.15, 0.2) is 24.4 Å². The topological polar surface area (TPSA) is 121 Å². The van der Waals surface area contributed by atoms with Crippen LogP contribution in [0.4, 0.5) is 0 Å². The van der Waals surface area contributed by atoms with Gasteiger partial charge in [-0.25, -0.2) is 19.1 Å². The van der Waals surface area contributed by atoms with E-state index < -0.39 is 17.9 Å². The van der Waals surface area contributed by atoms with Crippen molar-refractivity contribution >= 4 is 17.9 Å². The molecule has 0 bridgehead atoms. The summed E-state index contributed by atoms with van der Waals surface area (Å²) < 4.78 is 10.2. The van der Waals surface area contributed by atoms with E-state index >= 15 is 0 Å². The molecule has 0 saturated heterocycles. The number of carbonyl (C=O) groups excluding carboxylic acids is 2. The van der Waals surface area contributed by atoms with E-state index in [9.17, 15) is 14.4 Å². The summed E-state index contributed by atoms with van der Waals surface area (Å²) in [5.74, 6) is -2.64. The second kappa shape index (κ2) is 6.04. The summed E-state index contributed by atoms with van der Waals surface area (Å²) in [5, 5.41) is 16.2. The zero-order valence-electron chi connectivity index (χ0n) is 11.6. The van der Waals surface area contributed by atoms with E-state index in [1.165, 1.54) is 32.4 Å². The zero-order valence-corrected chi connectivity index (χ0v) is 11.6. The van der Waals surface area contributed by atoms with Gasteiger partial charge in [-0.1, -0.05) is 5.21 Å². The maximum Gasteiger partial charge on any atom is 0.356 e. The van der Waals surface area contributed by atoms with Crippen LogP contribution < -0.4 is 0 Å². The van der Waals surface area contributed by atoms with Gasteiger partial charge in [-0.2, -0.15) is 0 Å². The van der Waals surface area contributed by atoms with E-state index in [0.717, 1.165) is 10.9 Å². The van der Waals surface area contributed by atoms with Crippen molar-refractivity contribution in [1.82, 2.24) is 15.0 Å². The molecular weight excluding hydrogens is 294 g/mol. The van der Waals surface area contributed by atoms with E-state index in [0.29, 0.717) is 0 Å². The first-order valence-electron chi connectivity index (χ1n) is 5.94. The quantitative estimate of drug-likeness (QED) is 0.812. The molecule has 0 aliphatic heterocycles. The second-order valence-corrected chi connectivity index (χ2v) is 4.09. The van der Waals surface area contributed by atoms with Crippen LogP contribution in [0.5, 0.6) is 0 Å². The number of carbonyl (C=O) groups is 3. The van der Waals surface area contributed by atoms with Crippen molar-refractivity contribution in [1.29, 1.82) is 0 Å². The van der Waals surface area contributed by atoms with E-state index in [4.69, 9.17) is 5.11 Å². The minimum atomic E-state index is -1.26. The Balaban J connectivity index is 2.64. The summed E-state index contributed by atoms with van der Waals surface area (Å²) in [5.41, 5.74) is 0.0375. The van der Waals surface area contributed by atoms with Crippen LogP contribution in [0.3, 0.4) is 0 Å². The molecule has 0 spiro atoms. The molecule has 1 aromatic carbocycles. The van der Waals surface area contributed by atoms with Gasteiger partial charge in [-0.3, -0.25) is 0 Å². The van der Waals surface area contributed by atoms with Crippen LogP contribution in [-0.2, 0) is 9.47 Å². The Kier molecular flexibility index (Phi) is 4.16. The third-order valence-electron chi connectivity index (χ3n) is 2.77. The molecule has 114 valence electrons. The van der Waals surface area contributed by atoms with Gasteiger partial charge in [-0.15, -0.1) is 5.10 Å². The van der Waals surface area contributed by atoms with Crippen LogP contribution in [0.2, 0.25) is 0 Å². The molecule has 1 aromatic heterocycles. The van der Waals surface area contributed by atoms with Crippen molar-refractivity contribution in [3.63, 3.8) is 0 Å². The Morgan fingerprint density at radius 3 is 2.05 bits per heavy atom. The number of nitrogens with zero attached hydrogens (tertiary/aromatic N) is 3. The molecule has 0 unspecified atom stereocenters. The fourth-order valence-corrected chi connectivity index (χ4v) is 1.78. The molecular formula is C13H11N3O6. The number of benzene rings is 1. The monoisotopic (exact) mass is 305 g/mol. The van der Waals surface area contributed by atoms with Gasteiger partial charge in [-0.05, 0) is 18.2 Å². The van der Waals surface area contributed by atoms with Gasteiger partial charge in [0.05, 0.1) is 37.2 Å². The molecule has 9 nitrogen and oxygen atoms in total. The molecule has 2 aromatic rings. The second-order valence-electron chi connectivity index (χ2n) is 4.09. The van der Waals surface area contributed by atoms with Gasteiger partial charge in [0.15, 0.2) is 5.69 Å². The lowest BCUT2D eigenvalue weighted by Gasteiger charge is -2.08. The molecule has 0 fully saturated rings. The Morgan fingerprint density at radius 2 is 1.59 bits per heavy atom. The number of carboxylic acid groups (broad SMARTS) is 1. The molecule has 2 rings (SSSR count). The summed E-state index contributed by atoms with van der Waals surface area (Å²) in [6.07, 6.45) is 1.05. The highest BCUT2D eigenvalue weighted by Gasteiger charge is 2.18. The lowest BCUT2D eigenvalue weighted by atomic mass is 10.1. The van der Waals surface area contributed by atoms with Crippen molar-refractivity contribution in [2.24, 2.45) is 0 Å². The van der Waals surface area contributed by atoms with Gasteiger partial charge in [0, 0.05) is 0 Å². The van der Waals surface area contributed by atoms with Gasteiger partial charge < -0.3 is 14.6 Å². The van der Waals surface area contributed by atoms with Gasteiger partial charge in [0.1, 0.15) is 0 Å². The Morgan fingerprint density at radius 1 is 1.05 bits per heavy atom. The van der Waals surface area contributed by atoms with E-state index in [2.05, 4.69) is 19.8 Å². The van der Waals surface area contributed by atoms with Crippen LogP contribution in [0, 0.1) is 0 Å². The molecule has 1 heterocycles. The van der Waals surface area contributed by atoms with Crippen molar-refractivity contribution < 1.29 is 29.0 Å². The highest BCUT2D eigenvalue weighted by Crippen LogP contribution is 2.17. The van der Waals surface area contributed by atoms with Crippen LogP contribution in [0.25, 0.3) is 5.69 Å². The zero-order chi connectivity index (χ0) is 16.3. The number of hydrogen-bond acceptors (Lipinski definition) is 7. The van der Waals surface area contributed by atoms with Crippen molar-refractivity contribution in [2.45, 2.75) is 0 Å². The van der Waals surface area contributed by atoms with Crippen molar-refractivity contribution in [3.05, 3.63) is 41.2 Å². The number of hydrogen-bond donors (Lipinski definition) is 1. The molecule has 0 saturated carbocycles. The van der Waals surface area contributed by atoms with Crippen LogP contribution in [-0.4, -0.2) is 52.2 Å². The number of carboxylic acids is 1. The SMILES string of the molecule is COC(=O)c1cc(C(=O)OC)cc(-n2nncc2C(=O)O)c1. The molecule has 0 atom stereocenters. The number of esters is 2. The average molecular weight is 305 g/mol. The average Bonchev–Trinajstić information content (AvgIpc) is 3.02. The molecule has 0 aliphatic carbocycles. The van der Waals surface area contributed by atoms with Crippen molar-refractivity contribution in [3.8, 4) is 5.69 Å². The lowest BCUT2D eigenvalue weighted by molar-refractivity contribution is 0.0597. The maximum absolute atomic E-state index is 11.7. The number of methoxy groups -OCH3 is 2. The van der Waals surface area contributed by atoms with Crippen LogP contribution in [0.1, 0.15) is 31.2 Å². The maximum atomic E-state index is 11.7. The highest BCUT2D eigenvalue weighted by molar-refractivity contribution is 5.96. The van der Waals surface area contributed by atoms with Crippen LogP contribution >= 0.6 is 0 Å². The molecule has 22 heavy (non-hydrogen) atoms. The fraction of sp³-hybridized carbons (Fsp3) is 0.154. The summed E-state index contributed by atoms with van der Waals surface area (Å²) >= 11 is 0. The highest BCUT2D eigenvalue weighted by atomic mass is 16.5. The third kappa shape index (κ3) is 2.77. The van der Waals surface area contributed by atoms with E-state index in [1.807, 2.05) is 0 Å². The summed E-state index contributed by atoms with van der Waals surface area (Å²) in [6.45, 7) is 0.